The number of rotatable bonds is 4. The van der Waals surface area contributed by atoms with E-state index in [-0.39, 0.29) is 11.9 Å². The molecule has 1 amide bonds. The number of piperidine rings is 1. The molecule has 26 heavy (non-hydrogen) atoms. The van der Waals surface area contributed by atoms with Crippen LogP contribution in [-0.4, -0.2) is 40.4 Å². The molecule has 2 N–H and O–H groups in total. The number of hydrogen-bond donors (Lipinski definition) is 2. The van der Waals surface area contributed by atoms with Crippen molar-refractivity contribution in [1.29, 1.82) is 0 Å². The molecular weight excluding hydrogens is 350 g/mol. The Morgan fingerprint density at radius 3 is 2.85 bits per heavy atom. The van der Waals surface area contributed by atoms with Gasteiger partial charge in [-0.05, 0) is 38.1 Å². The van der Waals surface area contributed by atoms with E-state index in [0.717, 1.165) is 37.4 Å². The molecule has 3 aromatic rings. The second-order valence-corrected chi connectivity index (χ2v) is 7.50. The monoisotopic (exact) mass is 371 g/mol. The second-order valence-electron chi connectivity index (χ2n) is 6.55. The first kappa shape index (κ1) is 16.8. The van der Waals surface area contributed by atoms with Crippen molar-refractivity contribution in [1.82, 2.24) is 20.7 Å². The molecule has 1 aliphatic heterocycles. The third-order valence-electron chi connectivity index (χ3n) is 4.77. The van der Waals surface area contributed by atoms with Gasteiger partial charge in [-0.3, -0.25) is 9.89 Å². The van der Waals surface area contributed by atoms with Crippen LogP contribution in [0.3, 0.4) is 0 Å². The summed E-state index contributed by atoms with van der Waals surface area (Å²) in [5.41, 5.74) is 2.24. The van der Waals surface area contributed by atoms with Gasteiger partial charge >= 0.3 is 0 Å². The third-order valence-corrected chi connectivity index (χ3v) is 5.67. The van der Waals surface area contributed by atoms with Crippen molar-refractivity contribution in [3.05, 3.63) is 40.6 Å². The molecule has 1 fully saturated rings. The average Bonchev–Trinajstić information content (AvgIpc) is 3.36. The number of aryl methyl sites for hydroxylation is 2. The van der Waals surface area contributed by atoms with Crippen molar-refractivity contribution < 1.29 is 9.32 Å². The van der Waals surface area contributed by atoms with Gasteiger partial charge in [-0.25, -0.2) is 0 Å². The van der Waals surface area contributed by atoms with Gasteiger partial charge < -0.3 is 14.7 Å². The number of carbonyl (C=O) groups is 1. The molecule has 0 bridgehead atoms. The lowest BCUT2D eigenvalue weighted by atomic mass is 10.0. The summed E-state index contributed by atoms with van der Waals surface area (Å²) in [4.78, 5) is 15.9. The molecule has 0 atom stereocenters. The highest BCUT2D eigenvalue weighted by Crippen LogP contribution is 2.27. The maximum atomic E-state index is 12.5. The Kier molecular flexibility index (Phi) is 4.50. The van der Waals surface area contributed by atoms with Crippen LogP contribution >= 0.6 is 11.3 Å². The van der Waals surface area contributed by atoms with Crippen LogP contribution in [0.4, 0.5) is 5.82 Å². The third kappa shape index (κ3) is 3.24. The van der Waals surface area contributed by atoms with Crippen LogP contribution in [-0.2, 0) is 0 Å². The van der Waals surface area contributed by atoms with E-state index >= 15 is 0 Å². The van der Waals surface area contributed by atoms with Crippen molar-refractivity contribution >= 4 is 23.1 Å². The first-order valence-corrected chi connectivity index (χ1v) is 9.58. The standard InChI is InChI=1S/C18H21N5O2S/c1-11-17(12(2)25-22-11)18(24)19-13-5-7-23(8-6-13)16-10-14(20-21-16)15-4-3-9-26-15/h3-4,9-10,13H,5-8H2,1-2H3,(H,19,24)(H,20,21). The highest BCUT2D eigenvalue weighted by atomic mass is 32.1. The maximum Gasteiger partial charge on any atom is 0.257 e. The van der Waals surface area contributed by atoms with E-state index in [2.05, 4.69) is 43.1 Å². The molecule has 0 spiro atoms. The maximum absolute atomic E-state index is 12.5. The summed E-state index contributed by atoms with van der Waals surface area (Å²) in [5.74, 6) is 1.43. The molecule has 0 unspecified atom stereocenters. The highest BCUT2D eigenvalue weighted by molar-refractivity contribution is 7.13. The number of aromatic nitrogens is 3. The van der Waals surface area contributed by atoms with Crippen LogP contribution in [0.5, 0.6) is 0 Å². The zero-order valence-electron chi connectivity index (χ0n) is 14.8. The van der Waals surface area contributed by atoms with Gasteiger partial charge in [0, 0.05) is 25.2 Å². The number of anilines is 1. The van der Waals surface area contributed by atoms with Gasteiger partial charge in [0.15, 0.2) is 5.82 Å². The molecule has 0 radical (unpaired) electrons. The fourth-order valence-electron chi connectivity index (χ4n) is 3.35. The molecule has 1 saturated heterocycles. The Morgan fingerprint density at radius 1 is 1.38 bits per heavy atom. The number of nitrogens with zero attached hydrogens (tertiary/aromatic N) is 3. The molecule has 1 aliphatic rings. The SMILES string of the molecule is Cc1noc(C)c1C(=O)NC1CCN(c2cc(-c3cccs3)[nH]n2)CC1. The molecule has 4 rings (SSSR count). The van der Waals surface area contributed by atoms with Crippen molar-refractivity contribution in [2.75, 3.05) is 18.0 Å². The van der Waals surface area contributed by atoms with Gasteiger partial charge in [0.25, 0.3) is 5.91 Å². The van der Waals surface area contributed by atoms with E-state index in [1.807, 2.05) is 6.07 Å². The summed E-state index contributed by atoms with van der Waals surface area (Å²) >= 11 is 1.69. The molecule has 7 nitrogen and oxygen atoms in total. The van der Waals surface area contributed by atoms with Gasteiger partial charge in [-0.15, -0.1) is 11.3 Å². The molecule has 8 heteroatoms. The first-order valence-electron chi connectivity index (χ1n) is 8.70. The largest absolute Gasteiger partial charge is 0.361 e. The van der Waals surface area contributed by atoms with Gasteiger partial charge in [-0.1, -0.05) is 11.2 Å². The van der Waals surface area contributed by atoms with Crippen LogP contribution in [0.2, 0.25) is 0 Å². The summed E-state index contributed by atoms with van der Waals surface area (Å²) < 4.78 is 5.08. The van der Waals surface area contributed by atoms with E-state index in [9.17, 15) is 4.79 Å². The lowest BCUT2D eigenvalue weighted by Crippen LogP contribution is -2.45. The van der Waals surface area contributed by atoms with Crippen molar-refractivity contribution in [2.45, 2.75) is 32.7 Å². The Labute approximate surface area is 155 Å². The van der Waals surface area contributed by atoms with E-state index < -0.39 is 0 Å². The molecule has 4 heterocycles. The van der Waals surface area contributed by atoms with Crippen molar-refractivity contribution in [3.8, 4) is 10.6 Å². The summed E-state index contributed by atoms with van der Waals surface area (Å²) in [5, 5.41) is 16.6. The van der Waals surface area contributed by atoms with Crippen LogP contribution < -0.4 is 10.2 Å². The Bertz CT molecular complexity index is 871. The Hall–Kier alpha value is -2.61. The number of carbonyl (C=O) groups excluding carboxylic acids is 1. The molecule has 0 aromatic carbocycles. The average molecular weight is 371 g/mol. The predicted octanol–water partition coefficient (Wildman–Crippen LogP) is 3.14. The minimum absolute atomic E-state index is 0.0977. The number of nitrogens with one attached hydrogen (secondary N) is 2. The fourth-order valence-corrected chi connectivity index (χ4v) is 4.04. The summed E-state index contributed by atoms with van der Waals surface area (Å²) in [7, 11) is 0. The highest BCUT2D eigenvalue weighted by Gasteiger charge is 2.25. The zero-order chi connectivity index (χ0) is 18.1. The quantitative estimate of drug-likeness (QED) is 0.736. The van der Waals surface area contributed by atoms with Gasteiger partial charge in [0.1, 0.15) is 11.3 Å². The number of hydrogen-bond acceptors (Lipinski definition) is 6. The molecule has 136 valence electrons. The first-order chi connectivity index (χ1) is 12.6. The van der Waals surface area contributed by atoms with Crippen molar-refractivity contribution in [2.24, 2.45) is 0 Å². The lowest BCUT2D eigenvalue weighted by Gasteiger charge is -2.32. The second kappa shape index (κ2) is 6.95. The van der Waals surface area contributed by atoms with E-state index in [1.165, 1.54) is 4.88 Å². The fraction of sp³-hybridized carbons (Fsp3) is 0.389. The van der Waals surface area contributed by atoms with Gasteiger partial charge in [0.2, 0.25) is 0 Å². The molecule has 0 aliphatic carbocycles. The number of amides is 1. The topological polar surface area (TPSA) is 87.0 Å². The minimum atomic E-state index is -0.0977. The summed E-state index contributed by atoms with van der Waals surface area (Å²) in [6.45, 7) is 5.28. The van der Waals surface area contributed by atoms with E-state index in [1.54, 1.807) is 25.2 Å². The lowest BCUT2D eigenvalue weighted by molar-refractivity contribution is 0.0929. The van der Waals surface area contributed by atoms with Crippen molar-refractivity contribution in [3.63, 3.8) is 0 Å². The predicted molar refractivity (Wildman–Crippen MR) is 101 cm³/mol. The Balaban J connectivity index is 1.35. The van der Waals surface area contributed by atoms with Crippen LogP contribution in [0.25, 0.3) is 10.6 Å². The molecule has 0 saturated carbocycles. The number of thiophene rings is 1. The van der Waals surface area contributed by atoms with Gasteiger partial charge in [-0.2, -0.15) is 5.10 Å². The normalized spacial score (nSPS) is 15.4. The number of aromatic amines is 1. The smallest absolute Gasteiger partial charge is 0.257 e. The Morgan fingerprint density at radius 2 is 2.19 bits per heavy atom. The van der Waals surface area contributed by atoms with Crippen LogP contribution in [0.15, 0.2) is 28.1 Å². The summed E-state index contributed by atoms with van der Waals surface area (Å²) in [6.07, 6.45) is 1.77. The summed E-state index contributed by atoms with van der Waals surface area (Å²) in [6, 6.07) is 6.36. The molecule has 3 aromatic heterocycles. The molecular formula is C18H21N5O2S. The zero-order valence-corrected chi connectivity index (χ0v) is 15.6. The number of H-pyrrole nitrogens is 1. The minimum Gasteiger partial charge on any atom is -0.361 e. The van der Waals surface area contributed by atoms with Crippen LogP contribution in [0, 0.1) is 13.8 Å². The van der Waals surface area contributed by atoms with Crippen LogP contribution in [0.1, 0.15) is 34.7 Å². The van der Waals surface area contributed by atoms with E-state index in [0.29, 0.717) is 17.0 Å². The van der Waals surface area contributed by atoms with E-state index in [4.69, 9.17) is 4.52 Å². The van der Waals surface area contributed by atoms with Gasteiger partial charge in [0.05, 0.1) is 16.3 Å².